The molecule has 1 heterocycles. The van der Waals surface area contributed by atoms with E-state index in [1.807, 2.05) is 81.4 Å². The highest BCUT2D eigenvalue weighted by molar-refractivity contribution is 6.31. The summed E-state index contributed by atoms with van der Waals surface area (Å²) in [5.41, 5.74) is 11.7. The molecule has 2 N–H and O–H groups in total. The van der Waals surface area contributed by atoms with Crippen LogP contribution in [0.15, 0.2) is 102 Å². The van der Waals surface area contributed by atoms with Gasteiger partial charge in [0.15, 0.2) is 0 Å². The summed E-state index contributed by atoms with van der Waals surface area (Å²) in [5.74, 6) is 0. The van der Waals surface area contributed by atoms with Crippen LogP contribution in [0.3, 0.4) is 0 Å². The van der Waals surface area contributed by atoms with Crippen molar-refractivity contribution in [2.45, 2.75) is 46.6 Å². The van der Waals surface area contributed by atoms with E-state index in [9.17, 15) is 4.79 Å². The van der Waals surface area contributed by atoms with Gasteiger partial charge in [-0.25, -0.2) is 0 Å². The van der Waals surface area contributed by atoms with Gasteiger partial charge < -0.3 is 10.3 Å². The van der Waals surface area contributed by atoms with Crippen molar-refractivity contribution in [2.75, 3.05) is 0 Å². The summed E-state index contributed by atoms with van der Waals surface area (Å²) >= 11 is 12.4. The molecule has 0 aliphatic heterocycles. The van der Waals surface area contributed by atoms with E-state index >= 15 is 0 Å². The Kier molecular flexibility index (Phi) is 11.6. The van der Waals surface area contributed by atoms with Crippen LogP contribution in [0.5, 0.6) is 0 Å². The van der Waals surface area contributed by atoms with Gasteiger partial charge in [-0.1, -0.05) is 86.5 Å². The van der Waals surface area contributed by atoms with Crippen LogP contribution >= 0.6 is 23.2 Å². The first-order chi connectivity index (χ1) is 18.2. The molecule has 38 heavy (non-hydrogen) atoms. The van der Waals surface area contributed by atoms with Crippen molar-refractivity contribution in [3.8, 4) is 11.1 Å². The Morgan fingerprint density at radius 2 is 1.58 bits per heavy atom. The van der Waals surface area contributed by atoms with E-state index < -0.39 is 5.54 Å². The van der Waals surface area contributed by atoms with Crippen LogP contribution < -0.4 is 11.3 Å². The fraction of sp³-hybridized carbons (Fsp3) is 0.242. The lowest BCUT2D eigenvalue weighted by atomic mass is 9.77. The second kappa shape index (κ2) is 14.2. The maximum atomic E-state index is 12.7. The molecule has 5 heteroatoms. The molecule has 3 nitrogen and oxygen atoms in total. The van der Waals surface area contributed by atoms with Gasteiger partial charge in [0.25, 0.3) is 5.56 Å². The van der Waals surface area contributed by atoms with Crippen molar-refractivity contribution >= 4 is 34.1 Å². The molecule has 0 fully saturated rings. The molecule has 3 aromatic carbocycles. The topological polar surface area (TPSA) is 48.0 Å². The maximum absolute atomic E-state index is 12.7. The van der Waals surface area contributed by atoms with Crippen LogP contribution in [-0.4, -0.2) is 4.57 Å². The average Bonchev–Trinajstić information content (AvgIpc) is 2.92. The number of fused-ring (bicyclic) bond motifs is 1. The predicted octanol–water partition coefficient (Wildman–Crippen LogP) is 9.29. The van der Waals surface area contributed by atoms with E-state index in [-0.39, 0.29) is 5.56 Å². The molecule has 0 aliphatic carbocycles. The van der Waals surface area contributed by atoms with E-state index in [0.717, 1.165) is 45.2 Å². The first-order valence-electron chi connectivity index (χ1n) is 12.9. The van der Waals surface area contributed by atoms with E-state index in [1.54, 1.807) is 23.8 Å². The molecule has 0 saturated carbocycles. The summed E-state index contributed by atoms with van der Waals surface area (Å²) in [6, 6.07) is 22.9. The molecular formula is C33H38Cl2N2O. The van der Waals surface area contributed by atoms with Crippen LogP contribution in [-0.2, 0) is 12.6 Å². The largest absolute Gasteiger partial charge is 0.314 e. The minimum absolute atomic E-state index is 0.0796. The second-order valence-electron chi connectivity index (χ2n) is 8.72. The summed E-state index contributed by atoms with van der Waals surface area (Å²) in [6.45, 7) is 13.4. The molecule has 0 radical (unpaired) electrons. The molecule has 1 aromatic heterocycles. The van der Waals surface area contributed by atoms with Crippen molar-refractivity contribution in [1.82, 2.24) is 4.57 Å². The Morgan fingerprint density at radius 1 is 0.974 bits per heavy atom. The number of aryl methyl sites for hydroxylation is 1. The Hall–Kier alpha value is -3.11. The summed E-state index contributed by atoms with van der Waals surface area (Å²) in [4.78, 5) is 12.7. The summed E-state index contributed by atoms with van der Waals surface area (Å²) in [6.07, 6.45) is 4.77. The molecule has 1 atom stereocenters. The number of benzene rings is 3. The van der Waals surface area contributed by atoms with E-state index in [2.05, 4.69) is 32.6 Å². The molecule has 200 valence electrons. The van der Waals surface area contributed by atoms with E-state index in [0.29, 0.717) is 10.0 Å². The smallest absolute Gasteiger partial charge is 0.251 e. The van der Waals surface area contributed by atoms with Gasteiger partial charge in [-0.15, -0.1) is 6.58 Å². The van der Waals surface area contributed by atoms with Crippen molar-refractivity contribution in [2.24, 2.45) is 12.8 Å². The zero-order chi connectivity index (χ0) is 28.5. The first-order valence-corrected chi connectivity index (χ1v) is 13.6. The zero-order valence-corrected chi connectivity index (χ0v) is 24.7. The molecule has 1 unspecified atom stereocenters. The normalized spacial score (nSPS) is 12.5. The fourth-order valence-corrected chi connectivity index (χ4v) is 4.72. The Morgan fingerprint density at radius 3 is 2.16 bits per heavy atom. The number of allylic oxidation sites excluding steroid dienone is 2. The average molecular weight is 550 g/mol. The van der Waals surface area contributed by atoms with E-state index in [4.69, 9.17) is 28.9 Å². The lowest BCUT2D eigenvalue weighted by Gasteiger charge is -2.33. The summed E-state index contributed by atoms with van der Waals surface area (Å²) < 4.78 is 1.66. The third kappa shape index (κ3) is 6.66. The fourth-order valence-electron chi connectivity index (χ4n) is 4.40. The number of pyridine rings is 1. The SMILES string of the molecule is C=CC.CC.CC/C=C(\C)C(N)(c1ccc(Cl)cc1)c1ccc2c(c1)c(-c1cccc(Cl)c1)cc(=O)n2C. The van der Waals surface area contributed by atoms with Gasteiger partial charge in [0.1, 0.15) is 0 Å². The van der Waals surface area contributed by atoms with Crippen LogP contribution in [0, 0.1) is 0 Å². The predicted molar refractivity (Wildman–Crippen MR) is 167 cm³/mol. The minimum Gasteiger partial charge on any atom is -0.314 e. The number of halogens is 2. The van der Waals surface area contributed by atoms with Crippen LogP contribution in [0.4, 0.5) is 0 Å². The lowest BCUT2D eigenvalue weighted by Crippen LogP contribution is -2.39. The van der Waals surface area contributed by atoms with E-state index in [1.165, 1.54) is 0 Å². The van der Waals surface area contributed by atoms with Gasteiger partial charge >= 0.3 is 0 Å². The monoisotopic (exact) mass is 548 g/mol. The first kappa shape index (κ1) is 31.1. The number of hydrogen-bond acceptors (Lipinski definition) is 2. The third-order valence-corrected chi connectivity index (χ3v) is 6.76. The number of aromatic nitrogens is 1. The molecule has 4 aromatic rings. The van der Waals surface area contributed by atoms with Crippen LogP contribution in [0.25, 0.3) is 22.0 Å². The van der Waals surface area contributed by atoms with Crippen LogP contribution in [0.2, 0.25) is 10.0 Å². The van der Waals surface area contributed by atoms with Crippen molar-refractivity contribution in [3.05, 3.63) is 129 Å². The Balaban J connectivity index is 0.000000947. The molecule has 4 rings (SSSR count). The van der Waals surface area contributed by atoms with Crippen molar-refractivity contribution in [1.29, 1.82) is 0 Å². The number of nitrogens with two attached hydrogens (primary N) is 1. The minimum atomic E-state index is -0.852. The maximum Gasteiger partial charge on any atom is 0.251 e. The Labute approximate surface area is 237 Å². The zero-order valence-electron chi connectivity index (χ0n) is 23.2. The Bertz CT molecular complexity index is 1470. The summed E-state index contributed by atoms with van der Waals surface area (Å²) in [7, 11) is 1.78. The quantitative estimate of drug-likeness (QED) is 0.252. The molecular weight excluding hydrogens is 511 g/mol. The molecule has 0 spiro atoms. The number of rotatable bonds is 5. The van der Waals surface area contributed by atoms with Gasteiger partial charge in [0.05, 0.1) is 11.1 Å². The summed E-state index contributed by atoms with van der Waals surface area (Å²) in [5, 5.41) is 2.22. The highest BCUT2D eigenvalue weighted by atomic mass is 35.5. The third-order valence-electron chi connectivity index (χ3n) is 6.27. The molecule has 0 saturated heterocycles. The second-order valence-corrected chi connectivity index (χ2v) is 9.59. The molecule has 0 bridgehead atoms. The van der Waals surface area contributed by atoms with Gasteiger partial charge in [0.2, 0.25) is 0 Å². The van der Waals surface area contributed by atoms with Gasteiger partial charge in [-0.05, 0) is 84.5 Å². The van der Waals surface area contributed by atoms with Crippen LogP contribution in [0.1, 0.15) is 52.2 Å². The highest BCUT2D eigenvalue weighted by Crippen LogP contribution is 2.38. The standard InChI is InChI=1S/C28H26Cl2N2O.C3H6.C2H6/c1-4-6-18(2)28(31,20-9-12-22(29)13-10-20)21-11-14-26-25(16-21)24(17-27(33)32(26)3)19-7-5-8-23(30)15-19;1-3-2;1-2/h5-17H,4,31H2,1-3H3;3H,1H2,2H3;1-2H3/b18-6+;;. The lowest BCUT2D eigenvalue weighted by molar-refractivity contribution is 0.633. The number of hydrogen-bond donors (Lipinski definition) is 1. The van der Waals surface area contributed by atoms with Gasteiger partial charge in [0, 0.05) is 28.5 Å². The van der Waals surface area contributed by atoms with Gasteiger partial charge in [-0.2, -0.15) is 0 Å². The number of nitrogens with zero attached hydrogens (tertiary/aromatic N) is 1. The van der Waals surface area contributed by atoms with Crippen molar-refractivity contribution in [3.63, 3.8) is 0 Å². The van der Waals surface area contributed by atoms with Crippen molar-refractivity contribution < 1.29 is 0 Å². The molecule has 0 aliphatic rings. The molecule has 0 amide bonds. The van der Waals surface area contributed by atoms with Gasteiger partial charge in [-0.3, -0.25) is 4.79 Å². The highest BCUT2D eigenvalue weighted by Gasteiger charge is 2.32.